The van der Waals surface area contributed by atoms with Gasteiger partial charge in [-0.25, -0.2) is 0 Å². The average Bonchev–Trinajstić information content (AvgIpc) is 2.32. The number of carbonyl (C=O) groups is 1. The maximum absolute atomic E-state index is 11.1. The number of likely N-dealkylation sites (tertiary alicyclic amines) is 1. The van der Waals surface area contributed by atoms with Crippen molar-refractivity contribution in [1.82, 2.24) is 4.90 Å². The Hall–Kier alpha value is -0.570. The van der Waals surface area contributed by atoms with Gasteiger partial charge in [0.2, 0.25) is 0 Å². The van der Waals surface area contributed by atoms with E-state index >= 15 is 0 Å². The Morgan fingerprint density at radius 2 is 2.23 bits per heavy atom. The summed E-state index contributed by atoms with van der Waals surface area (Å²) in [6.45, 7) is 3.68. The lowest BCUT2D eigenvalue weighted by Gasteiger charge is -2.25. The minimum Gasteiger partial charge on any atom is -0.468 e. The summed E-state index contributed by atoms with van der Waals surface area (Å²) in [6.07, 6.45) is 5.00. The van der Waals surface area contributed by atoms with Gasteiger partial charge in [-0.3, -0.25) is 9.69 Å². The SMILES string of the molecule is COC(=O)CN1CCCCCC1C. The Labute approximate surface area is 80.1 Å². The summed E-state index contributed by atoms with van der Waals surface area (Å²) in [5.41, 5.74) is 0. The molecular weight excluding hydrogens is 166 g/mol. The molecule has 1 saturated heterocycles. The van der Waals surface area contributed by atoms with Crippen LogP contribution in [0.2, 0.25) is 0 Å². The van der Waals surface area contributed by atoms with Gasteiger partial charge in [-0.05, 0) is 26.3 Å². The van der Waals surface area contributed by atoms with Gasteiger partial charge in [0, 0.05) is 6.04 Å². The fourth-order valence-electron chi connectivity index (χ4n) is 1.80. The van der Waals surface area contributed by atoms with E-state index in [9.17, 15) is 4.79 Å². The van der Waals surface area contributed by atoms with Crippen LogP contribution in [0.15, 0.2) is 0 Å². The first-order chi connectivity index (χ1) is 6.24. The van der Waals surface area contributed by atoms with Crippen molar-refractivity contribution in [3.05, 3.63) is 0 Å². The molecule has 1 atom stereocenters. The summed E-state index contributed by atoms with van der Waals surface area (Å²) in [5, 5.41) is 0. The van der Waals surface area contributed by atoms with Gasteiger partial charge in [0.25, 0.3) is 0 Å². The van der Waals surface area contributed by atoms with Gasteiger partial charge >= 0.3 is 5.97 Å². The summed E-state index contributed by atoms with van der Waals surface area (Å²) in [4.78, 5) is 13.3. The number of hydrogen-bond donors (Lipinski definition) is 0. The highest BCUT2D eigenvalue weighted by Crippen LogP contribution is 2.15. The number of rotatable bonds is 2. The van der Waals surface area contributed by atoms with E-state index in [1.807, 2.05) is 0 Å². The zero-order chi connectivity index (χ0) is 9.68. The van der Waals surface area contributed by atoms with Crippen LogP contribution in [0, 0.1) is 0 Å². The third-order valence-corrected chi connectivity index (χ3v) is 2.75. The topological polar surface area (TPSA) is 29.5 Å². The minimum atomic E-state index is -0.117. The summed E-state index contributed by atoms with van der Waals surface area (Å²) < 4.78 is 4.66. The molecule has 0 amide bonds. The summed E-state index contributed by atoms with van der Waals surface area (Å²) in [6, 6.07) is 0.529. The molecule has 1 fully saturated rings. The molecule has 1 heterocycles. The quantitative estimate of drug-likeness (QED) is 0.609. The van der Waals surface area contributed by atoms with Crippen molar-refractivity contribution in [3.8, 4) is 0 Å². The van der Waals surface area contributed by atoms with Gasteiger partial charge in [-0.15, -0.1) is 0 Å². The monoisotopic (exact) mass is 185 g/mol. The van der Waals surface area contributed by atoms with Gasteiger partial charge in [0.15, 0.2) is 0 Å². The molecule has 1 rings (SSSR count). The van der Waals surface area contributed by atoms with Gasteiger partial charge in [0.1, 0.15) is 0 Å². The van der Waals surface area contributed by atoms with Crippen LogP contribution in [0.5, 0.6) is 0 Å². The summed E-state index contributed by atoms with van der Waals surface area (Å²) in [5.74, 6) is -0.117. The molecule has 0 aliphatic carbocycles. The van der Waals surface area contributed by atoms with Crippen LogP contribution in [0.3, 0.4) is 0 Å². The standard InChI is InChI=1S/C10H19NO2/c1-9-6-4-3-5-7-11(9)8-10(12)13-2/h9H,3-8H2,1-2H3. The number of nitrogens with zero attached hydrogens (tertiary/aromatic N) is 1. The highest BCUT2D eigenvalue weighted by Gasteiger charge is 2.19. The molecule has 0 bridgehead atoms. The van der Waals surface area contributed by atoms with Crippen molar-refractivity contribution in [1.29, 1.82) is 0 Å². The van der Waals surface area contributed by atoms with Crippen molar-refractivity contribution in [3.63, 3.8) is 0 Å². The van der Waals surface area contributed by atoms with E-state index in [4.69, 9.17) is 0 Å². The van der Waals surface area contributed by atoms with Crippen molar-refractivity contribution in [2.24, 2.45) is 0 Å². The predicted octanol–water partition coefficient (Wildman–Crippen LogP) is 1.42. The molecule has 1 aliphatic rings. The van der Waals surface area contributed by atoms with E-state index in [0.717, 1.165) is 6.54 Å². The zero-order valence-corrected chi connectivity index (χ0v) is 8.58. The number of esters is 1. The maximum atomic E-state index is 11.1. The first kappa shape index (κ1) is 10.5. The van der Waals surface area contributed by atoms with Crippen molar-refractivity contribution in [2.75, 3.05) is 20.2 Å². The van der Waals surface area contributed by atoms with Gasteiger partial charge in [0.05, 0.1) is 13.7 Å². The van der Waals surface area contributed by atoms with Crippen LogP contribution in [0.4, 0.5) is 0 Å². The van der Waals surface area contributed by atoms with Crippen LogP contribution in [-0.4, -0.2) is 37.1 Å². The minimum absolute atomic E-state index is 0.117. The van der Waals surface area contributed by atoms with E-state index in [1.54, 1.807) is 0 Å². The van der Waals surface area contributed by atoms with Crippen LogP contribution in [0.1, 0.15) is 32.6 Å². The fourth-order valence-corrected chi connectivity index (χ4v) is 1.80. The molecule has 1 unspecified atom stereocenters. The summed E-state index contributed by atoms with van der Waals surface area (Å²) >= 11 is 0. The largest absolute Gasteiger partial charge is 0.468 e. The Morgan fingerprint density at radius 1 is 1.46 bits per heavy atom. The van der Waals surface area contributed by atoms with Crippen LogP contribution in [-0.2, 0) is 9.53 Å². The van der Waals surface area contributed by atoms with Crippen molar-refractivity contribution in [2.45, 2.75) is 38.6 Å². The highest BCUT2D eigenvalue weighted by molar-refractivity contribution is 5.71. The van der Waals surface area contributed by atoms with Crippen molar-refractivity contribution >= 4 is 5.97 Å². The van der Waals surface area contributed by atoms with E-state index in [1.165, 1.54) is 32.8 Å². The molecule has 0 N–H and O–H groups in total. The number of hydrogen-bond acceptors (Lipinski definition) is 3. The Morgan fingerprint density at radius 3 is 2.92 bits per heavy atom. The molecule has 0 aromatic carbocycles. The Kier molecular flexibility index (Phi) is 4.22. The third-order valence-electron chi connectivity index (χ3n) is 2.75. The van der Waals surface area contributed by atoms with Gasteiger partial charge in [-0.1, -0.05) is 12.8 Å². The molecule has 0 spiro atoms. The van der Waals surface area contributed by atoms with E-state index in [-0.39, 0.29) is 5.97 Å². The van der Waals surface area contributed by atoms with Gasteiger partial charge in [-0.2, -0.15) is 0 Å². The molecule has 3 heteroatoms. The van der Waals surface area contributed by atoms with Crippen LogP contribution >= 0.6 is 0 Å². The fraction of sp³-hybridized carbons (Fsp3) is 0.900. The molecule has 13 heavy (non-hydrogen) atoms. The second kappa shape index (κ2) is 5.22. The molecule has 0 saturated carbocycles. The number of carbonyl (C=O) groups excluding carboxylic acids is 1. The maximum Gasteiger partial charge on any atom is 0.319 e. The Balaban J connectivity index is 2.40. The molecule has 0 radical (unpaired) electrons. The van der Waals surface area contributed by atoms with Crippen molar-refractivity contribution < 1.29 is 9.53 Å². The predicted molar refractivity (Wildman–Crippen MR) is 51.5 cm³/mol. The third kappa shape index (κ3) is 3.35. The van der Waals surface area contributed by atoms with E-state index in [0.29, 0.717) is 12.6 Å². The average molecular weight is 185 g/mol. The lowest BCUT2D eigenvalue weighted by atomic mass is 10.1. The summed E-state index contributed by atoms with van der Waals surface area (Å²) in [7, 11) is 1.45. The normalized spacial score (nSPS) is 25.2. The second-order valence-electron chi connectivity index (χ2n) is 3.74. The Bertz CT molecular complexity index is 170. The lowest BCUT2D eigenvalue weighted by molar-refractivity contribution is -0.142. The van der Waals surface area contributed by atoms with Crippen LogP contribution < -0.4 is 0 Å². The first-order valence-electron chi connectivity index (χ1n) is 5.05. The van der Waals surface area contributed by atoms with E-state index < -0.39 is 0 Å². The zero-order valence-electron chi connectivity index (χ0n) is 8.58. The van der Waals surface area contributed by atoms with Crippen LogP contribution in [0.25, 0.3) is 0 Å². The van der Waals surface area contributed by atoms with Gasteiger partial charge < -0.3 is 4.74 Å². The highest BCUT2D eigenvalue weighted by atomic mass is 16.5. The first-order valence-corrected chi connectivity index (χ1v) is 5.05. The molecule has 76 valence electrons. The molecule has 0 aromatic heterocycles. The second-order valence-corrected chi connectivity index (χ2v) is 3.74. The lowest BCUT2D eigenvalue weighted by Crippen LogP contribution is -2.37. The molecule has 1 aliphatic heterocycles. The molecule has 3 nitrogen and oxygen atoms in total. The smallest absolute Gasteiger partial charge is 0.319 e. The molecular formula is C10H19NO2. The number of ether oxygens (including phenoxy) is 1. The molecule has 0 aromatic rings. The number of methoxy groups -OCH3 is 1. The van der Waals surface area contributed by atoms with E-state index in [2.05, 4.69) is 16.6 Å².